The lowest BCUT2D eigenvalue weighted by Gasteiger charge is -2.07. The smallest absolute Gasteiger partial charge is 0.271 e. The number of benzene rings is 1. The first kappa shape index (κ1) is 20.4. The van der Waals surface area contributed by atoms with Gasteiger partial charge < -0.3 is 20.5 Å². The summed E-state index contributed by atoms with van der Waals surface area (Å²) >= 11 is 1.46. The molecule has 2 aromatic rings. The van der Waals surface area contributed by atoms with E-state index in [-0.39, 0.29) is 18.3 Å². The lowest BCUT2D eigenvalue weighted by molar-refractivity contribution is 0.0946. The number of carbonyl (C=O) groups excluding carboxylic acids is 1. The van der Waals surface area contributed by atoms with Crippen molar-refractivity contribution in [3.8, 4) is 5.75 Å². The first-order chi connectivity index (χ1) is 11.2. The molecule has 0 radical (unpaired) electrons. The van der Waals surface area contributed by atoms with Crippen molar-refractivity contribution in [1.29, 1.82) is 0 Å². The highest BCUT2D eigenvalue weighted by atomic mass is 35.5. The number of hydrogen-bond acceptors (Lipinski definition) is 6. The van der Waals surface area contributed by atoms with Crippen LogP contribution in [-0.2, 0) is 17.7 Å². The van der Waals surface area contributed by atoms with E-state index in [0.29, 0.717) is 38.4 Å². The Balaban J connectivity index is 0.00000288. The summed E-state index contributed by atoms with van der Waals surface area (Å²) in [4.78, 5) is 16.3. The number of ether oxygens (including phenoxy) is 2. The lowest BCUT2D eigenvalue weighted by atomic mass is 10.2. The number of amides is 1. The van der Waals surface area contributed by atoms with E-state index in [1.54, 1.807) is 12.5 Å². The molecule has 1 heterocycles. The van der Waals surface area contributed by atoms with E-state index in [0.717, 1.165) is 16.3 Å². The van der Waals surface area contributed by atoms with Gasteiger partial charge in [0, 0.05) is 25.5 Å². The van der Waals surface area contributed by atoms with Crippen molar-refractivity contribution in [3.05, 3.63) is 45.9 Å². The number of rotatable bonds is 9. The molecule has 0 bridgehead atoms. The lowest BCUT2D eigenvalue weighted by Crippen LogP contribution is -2.23. The van der Waals surface area contributed by atoms with Gasteiger partial charge in [-0.3, -0.25) is 4.79 Å². The molecule has 2 rings (SSSR count). The van der Waals surface area contributed by atoms with E-state index in [4.69, 9.17) is 15.2 Å². The zero-order valence-corrected chi connectivity index (χ0v) is 15.1. The predicted octanol–water partition coefficient (Wildman–Crippen LogP) is 2.02. The highest BCUT2D eigenvalue weighted by Crippen LogP contribution is 2.13. The molecule has 0 aliphatic heterocycles. The van der Waals surface area contributed by atoms with Gasteiger partial charge in [-0.05, 0) is 24.2 Å². The fourth-order valence-corrected chi connectivity index (χ4v) is 2.67. The van der Waals surface area contributed by atoms with Crippen LogP contribution in [0, 0.1) is 0 Å². The van der Waals surface area contributed by atoms with Gasteiger partial charge in [-0.1, -0.05) is 12.1 Å². The third kappa shape index (κ3) is 6.45. The zero-order valence-electron chi connectivity index (χ0n) is 13.5. The maximum atomic E-state index is 12.0. The quantitative estimate of drug-likeness (QED) is 0.658. The van der Waals surface area contributed by atoms with Gasteiger partial charge >= 0.3 is 0 Å². The van der Waals surface area contributed by atoms with E-state index in [1.165, 1.54) is 11.3 Å². The van der Waals surface area contributed by atoms with Crippen LogP contribution in [0.25, 0.3) is 0 Å². The first-order valence-corrected chi connectivity index (χ1v) is 8.24. The second-order valence-electron chi connectivity index (χ2n) is 4.83. The number of nitrogens with zero attached hydrogens (tertiary/aromatic N) is 1. The minimum atomic E-state index is -0.176. The van der Waals surface area contributed by atoms with Crippen LogP contribution in [0.15, 0.2) is 29.6 Å². The standard InChI is InChI=1S/C16H21N3O3S.ClH/c1-21-8-9-22-13-4-2-12(3-5-13)10-18-16(20)14-11-23-15(19-14)6-7-17;/h2-5,11H,6-10,17H2,1H3,(H,18,20);1H. The third-order valence-electron chi connectivity index (χ3n) is 3.08. The molecule has 0 saturated carbocycles. The molecule has 1 amide bonds. The van der Waals surface area contributed by atoms with Crippen molar-refractivity contribution in [2.45, 2.75) is 13.0 Å². The Bertz CT molecular complexity index is 619. The number of nitrogens with one attached hydrogen (secondary N) is 1. The van der Waals surface area contributed by atoms with E-state index in [1.807, 2.05) is 24.3 Å². The molecule has 0 aliphatic carbocycles. The summed E-state index contributed by atoms with van der Waals surface area (Å²) in [7, 11) is 1.64. The molecule has 132 valence electrons. The minimum Gasteiger partial charge on any atom is -0.491 e. The summed E-state index contributed by atoms with van der Waals surface area (Å²) in [6, 6.07) is 7.59. The molecule has 0 unspecified atom stereocenters. The van der Waals surface area contributed by atoms with Crippen LogP contribution < -0.4 is 15.8 Å². The van der Waals surface area contributed by atoms with E-state index < -0.39 is 0 Å². The Morgan fingerprint density at radius 1 is 1.29 bits per heavy atom. The normalized spacial score (nSPS) is 10.1. The number of methoxy groups -OCH3 is 1. The van der Waals surface area contributed by atoms with Gasteiger partial charge in [0.05, 0.1) is 11.6 Å². The summed E-state index contributed by atoms with van der Waals surface area (Å²) in [5.41, 5.74) is 6.92. The van der Waals surface area contributed by atoms with Crippen molar-refractivity contribution >= 4 is 29.7 Å². The maximum Gasteiger partial charge on any atom is 0.271 e. The molecule has 1 aromatic carbocycles. The topological polar surface area (TPSA) is 86.5 Å². The number of aromatic nitrogens is 1. The van der Waals surface area contributed by atoms with Crippen LogP contribution in [0.1, 0.15) is 21.1 Å². The summed E-state index contributed by atoms with van der Waals surface area (Å²) in [6.07, 6.45) is 0.697. The number of nitrogens with two attached hydrogens (primary N) is 1. The van der Waals surface area contributed by atoms with Crippen LogP contribution >= 0.6 is 23.7 Å². The highest BCUT2D eigenvalue weighted by Gasteiger charge is 2.10. The summed E-state index contributed by atoms with van der Waals surface area (Å²) in [5.74, 6) is 0.605. The van der Waals surface area contributed by atoms with Crippen LogP contribution in [0.2, 0.25) is 0 Å². The number of hydrogen-bond donors (Lipinski definition) is 2. The minimum absolute atomic E-state index is 0. The second-order valence-corrected chi connectivity index (χ2v) is 5.78. The van der Waals surface area contributed by atoms with Gasteiger partial charge in [0.2, 0.25) is 0 Å². The average Bonchev–Trinajstić information content (AvgIpc) is 3.03. The molecular weight excluding hydrogens is 350 g/mol. The van der Waals surface area contributed by atoms with E-state index >= 15 is 0 Å². The zero-order chi connectivity index (χ0) is 16.5. The predicted molar refractivity (Wildman–Crippen MR) is 97.1 cm³/mol. The molecule has 0 fully saturated rings. The van der Waals surface area contributed by atoms with Crippen LogP contribution in [0.3, 0.4) is 0 Å². The first-order valence-electron chi connectivity index (χ1n) is 7.36. The van der Waals surface area contributed by atoms with Gasteiger partial charge in [-0.25, -0.2) is 4.98 Å². The maximum absolute atomic E-state index is 12.0. The van der Waals surface area contributed by atoms with Crippen LogP contribution in [-0.4, -0.2) is 37.8 Å². The van der Waals surface area contributed by atoms with Gasteiger partial charge in [0.25, 0.3) is 5.91 Å². The Kier molecular flexibility index (Phi) is 9.33. The Labute approximate surface area is 151 Å². The SMILES string of the molecule is COCCOc1ccc(CNC(=O)c2csc(CCN)n2)cc1.Cl. The molecule has 3 N–H and O–H groups in total. The number of halogens is 1. The van der Waals surface area contributed by atoms with E-state index in [2.05, 4.69) is 10.3 Å². The average molecular weight is 372 g/mol. The van der Waals surface area contributed by atoms with Crippen molar-refractivity contribution in [2.24, 2.45) is 5.73 Å². The van der Waals surface area contributed by atoms with Crippen molar-refractivity contribution < 1.29 is 14.3 Å². The molecule has 8 heteroatoms. The fraction of sp³-hybridized carbons (Fsp3) is 0.375. The molecule has 0 aliphatic rings. The molecule has 0 atom stereocenters. The summed E-state index contributed by atoms with van der Waals surface area (Å²) < 4.78 is 10.4. The summed E-state index contributed by atoms with van der Waals surface area (Å²) in [5, 5.41) is 5.50. The largest absolute Gasteiger partial charge is 0.491 e. The highest BCUT2D eigenvalue weighted by molar-refractivity contribution is 7.09. The van der Waals surface area contributed by atoms with Crippen molar-refractivity contribution in [3.63, 3.8) is 0 Å². The van der Waals surface area contributed by atoms with E-state index in [9.17, 15) is 4.79 Å². The van der Waals surface area contributed by atoms with Gasteiger partial charge in [0.15, 0.2) is 0 Å². The van der Waals surface area contributed by atoms with Crippen LogP contribution in [0.5, 0.6) is 5.75 Å². The van der Waals surface area contributed by atoms with Crippen molar-refractivity contribution in [1.82, 2.24) is 10.3 Å². The van der Waals surface area contributed by atoms with Gasteiger partial charge in [-0.2, -0.15) is 0 Å². The van der Waals surface area contributed by atoms with Crippen LogP contribution in [0.4, 0.5) is 0 Å². The molecule has 24 heavy (non-hydrogen) atoms. The van der Waals surface area contributed by atoms with Crippen molar-refractivity contribution in [2.75, 3.05) is 26.9 Å². The number of thiazole rings is 1. The molecule has 0 saturated heterocycles. The Hall–Kier alpha value is -1.67. The molecule has 1 aromatic heterocycles. The fourth-order valence-electron chi connectivity index (χ4n) is 1.87. The third-order valence-corrected chi connectivity index (χ3v) is 3.98. The Morgan fingerprint density at radius 3 is 2.71 bits per heavy atom. The molecule has 6 nitrogen and oxygen atoms in total. The molecule has 0 spiro atoms. The van der Waals surface area contributed by atoms with Gasteiger partial charge in [-0.15, -0.1) is 23.7 Å². The summed E-state index contributed by atoms with van der Waals surface area (Å²) in [6.45, 7) is 2.05. The second kappa shape index (κ2) is 11.0. The Morgan fingerprint density at radius 2 is 2.04 bits per heavy atom. The number of carbonyl (C=O) groups is 1. The van der Waals surface area contributed by atoms with Gasteiger partial charge in [0.1, 0.15) is 18.1 Å². The molecular formula is C16H22ClN3O3S. The monoisotopic (exact) mass is 371 g/mol.